The Hall–Kier alpha value is -4.26. The molecule has 0 spiro atoms. The van der Waals surface area contributed by atoms with Crippen LogP contribution in [0, 0.1) is 12.0 Å². The van der Waals surface area contributed by atoms with Crippen LogP contribution in [0.4, 0.5) is 15.0 Å². The molecule has 3 heterocycles. The number of nitrogens with two attached hydrogens (primary N) is 1. The first-order chi connectivity index (χ1) is 22.8. The number of rotatable bonds is 15. The molecule has 0 aliphatic carbocycles. The highest BCUT2D eigenvalue weighted by Gasteiger charge is 2.49. The molecule has 0 radical (unpaired) electrons. The number of fused-ring (bicyclic) bond motifs is 1. The fourth-order valence-corrected chi connectivity index (χ4v) is 6.09. The number of nitrogens with zero attached hydrogens (tertiary/aromatic N) is 4. The number of carbonyl (C=O) groups is 3. The van der Waals surface area contributed by atoms with Crippen LogP contribution >= 0.6 is 7.75 Å². The third kappa shape index (κ3) is 9.21. The Kier molecular flexibility index (Phi) is 12.4. The van der Waals surface area contributed by atoms with Gasteiger partial charge in [0.25, 0.3) is 0 Å². The van der Waals surface area contributed by atoms with Crippen LogP contribution in [0.3, 0.4) is 0 Å². The SMILES string of the molecule is COC(=O)COP(=O)(NC(CC(C)C)C(=O)OC)OCC1OC(n2cnc3c(N)nc(F)nc32)C(OC(=O)OCc2ccccc2)C1O. The van der Waals surface area contributed by atoms with Gasteiger partial charge in [0, 0.05) is 0 Å². The molecule has 1 aliphatic rings. The molecule has 1 saturated heterocycles. The minimum atomic E-state index is -4.55. The van der Waals surface area contributed by atoms with Gasteiger partial charge in [0.2, 0.25) is 0 Å². The zero-order valence-electron chi connectivity index (χ0n) is 26.4. The second-order valence-electron chi connectivity index (χ2n) is 10.8. The monoisotopic (exact) mass is 698 g/mol. The molecule has 0 saturated carbocycles. The molecular weight excluding hydrogens is 662 g/mol. The molecule has 18 nitrogen and oxygen atoms in total. The molecule has 6 unspecified atom stereocenters. The predicted molar refractivity (Wildman–Crippen MR) is 161 cm³/mol. The molecule has 0 bridgehead atoms. The van der Waals surface area contributed by atoms with E-state index in [0.717, 1.165) is 25.1 Å². The second-order valence-corrected chi connectivity index (χ2v) is 12.6. The average molecular weight is 699 g/mol. The summed E-state index contributed by atoms with van der Waals surface area (Å²) in [6, 6.07) is 7.52. The lowest BCUT2D eigenvalue weighted by Crippen LogP contribution is -2.40. The Balaban J connectivity index is 1.59. The van der Waals surface area contributed by atoms with Crippen molar-refractivity contribution >= 4 is 42.8 Å². The number of imidazole rings is 1. The van der Waals surface area contributed by atoms with E-state index in [2.05, 4.69) is 24.8 Å². The van der Waals surface area contributed by atoms with Crippen molar-refractivity contribution in [1.29, 1.82) is 0 Å². The van der Waals surface area contributed by atoms with Crippen molar-refractivity contribution < 1.29 is 61.2 Å². The lowest BCUT2D eigenvalue weighted by Gasteiger charge is -2.26. The molecule has 1 aromatic carbocycles. The fourth-order valence-electron chi connectivity index (χ4n) is 4.65. The first-order valence-corrected chi connectivity index (χ1v) is 16.1. The summed E-state index contributed by atoms with van der Waals surface area (Å²) in [7, 11) is -2.33. The van der Waals surface area contributed by atoms with Crippen molar-refractivity contribution in [1.82, 2.24) is 24.6 Å². The summed E-state index contributed by atoms with van der Waals surface area (Å²) in [6.07, 6.45) is -7.16. The summed E-state index contributed by atoms with van der Waals surface area (Å²) in [5.41, 5.74) is 6.27. The largest absolute Gasteiger partial charge is 0.509 e. The number of esters is 2. The highest BCUT2D eigenvalue weighted by atomic mass is 31.2. The molecule has 1 aliphatic heterocycles. The fraction of sp³-hybridized carbons (Fsp3) is 0.500. The number of hydrogen-bond acceptors (Lipinski definition) is 16. The molecule has 20 heteroatoms. The van der Waals surface area contributed by atoms with Crippen molar-refractivity contribution in [2.24, 2.45) is 5.92 Å². The van der Waals surface area contributed by atoms with Gasteiger partial charge in [0.15, 0.2) is 35.9 Å². The summed E-state index contributed by atoms with van der Waals surface area (Å²) >= 11 is 0. The maximum atomic E-state index is 14.2. The number of benzene rings is 1. The van der Waals surface area contributed by atoms with Gasteiger partial charge in [0.05, 0.1) is 27.2 Å². The van der Waals surface area contributed by atoms with Gasteiger partial charge >= 0.3 is 31.9 Å². The van der Waals surface area contributed by atoms with Crippen LogP contribution in [0.15, 0.2) is 36.7 Å². The third-order valence-corrected chi connectivity index (χ3v) is 8.52. The van der Waals surface area contributed by atoms with Gasteiger partial charge in [-0.2, -0.15) is 14.4 Å². The van der Waals surface area contributed by atoms with Crippen molar-refractivity contribution in [3.05, 3.63) is 48.3 Å². The third-order valence-electron chi connectivity index (χ3n) is 6.94. The second kappa shape index (κ2) is 16.2. The van der Waals surface area contributed by atoms with E-state index in [1.807, 2.05) is 0 Å². The Morgan fingerprint density at radius 1 is 1.15 bits per heavy atom. The Labute approximate surface area is 273 Å². The van der Waals surface area contributed by atoms with Crippen LogP contribution in [0.25, 0.3) is 11.2 Å². The molecule has 6 atom stereocenters. The quantitative estimate of drug-likeness (QED) is 0.0891. The maximum absolute atomic E-state index is 14.2. The highest BCUT2D eigenvalue weighted by molar-refractivity contribution is 7.51. The van der Waals surface area contributed by atoms with Gasteiger partial charge in [0.1, 0.15) is 24.9 Å². The Morgan fingerprint density at radius 3 is 2.54 bits per heavy atom. The summed E-state index contributed by atoms with van der Waals surface area (Å²) in [5, 5.41) is 13.8. The van der Waals surface area contributed by atoms with Crippen LogP contribution in [-0.2, 0) is 53.5 Å². The number of ether oxygens (including phenoxy) is 5. The van der Waals surface area contributed by atoms with Crippen LogP contribution in [0.2, 0.25) is 0 Å². The normalized spacial score (nSPS) is 21.1. The maximum Gasteiger partial charge on any atom is 0.509 e. The van der Waals surface area contributed by atoms with E-state index < -0.39 is 75.7 Å². The molecule has 48 heavy (non-hydrogen) atoms. The van der Waals surface area contributed by atoms with Crippen LogP contribution in [-0.4, -0.2) is 94.5 Å². The molecule has 0 amide bonds. The van der Waals surface area contributed by atoms with Gasteiger partial charge < -0.3 is 34.5 Å². The molecular formula is C28H36FN6O12P. The van der Waals surface area contributed by atoms with Crippen LogP contribution < -0.4 is 10.8 Å². The van der Waals surface area contributed by atoms with Gasteiger partial charge in [-0.3, -0.25) is 18.4 Å². The molecule has 262 valence electrons. The summed E-state index contributed by atoms with van der Waals surface area (Å²) in [5.74, 6) is -2.05. The first kappa shape index (κ1) is 36.6. The zero-order valence-corrected chi connectivity index (χ0v) is 27.3. The molecule has 3 aromatic rings. The number of methoxy groups -OCH3 is 2. The number of aliphatic hydroxyl groups is 1. The van der Waals surface area contributed by atoms with Gasteiger partial charge in [-0.15, -0.1) is 0 Å². The van der Waals surface area contributed by atoms with Gasteiger partial charge in [-0.05, 0) is 17.9 Å². The lowest BCUT2D eigenvalue weighted by atomic mass is 10.1. The standard InChI is InChI=1S/C28H36FN6O12P/c1-15(2)10-17(26(38)42-4)34-48(40,45-13-19(36)41-3)44-12-18-21(37)22(47-28(39)43-11-16-8-6-5-7-9-16)25(46-18)35-14-31-20-23(30)32-27(29)33-24(20)35/h5-9,14-15,17-18,21-22,25,37H,10-13H2,1-4H3,(H,34,40)(H2,30,32,33). The van der Waals surface area contributed by atoms with E-state index in [4.69, 9.17) is 33.7 Å². The number of aliphatic hydroxyl groups excluding tert-OH is 1. The highest BCUT2D eigenvalue weighted by Crippen LogP contribution is 2.46. The summed E-state index contributed by atoms with van der Waals surface area (Å²) in [6.45, 7) is 1.90. The van der Waals surface area contributed by atoms with Crippen molar-refractivity contribution in [2.45, 2.75) is 57.5 Å². The zero-order chi connectivity index (χ0) is 35.0. The number of carbonyl (C=O) groups excluding carboxylic acids is 3. The predicted octanol–water partition coefficient (Wildman–Crippen LogP) is 2.02. The minimum Gasteiger partial charge on any atom is -0.468 e. The lowest BCUT2D eigenvalue weighted by molar-refractivity contribution is -0.143. The first-order valence-electron chi connectivity index (χ1n) is 14.5. The number of nitrogens with one attached hydrogen (secondary N) is 1. The number of halogens is 1. The molecule has 4 N–H and O–H groups in total. The van der Waals surface area contributed by atoms with Crippen LogP contribution in [0.1, 0.15) is 32.1 Å². The Bertz CT molecular complexity index is 1630. The van der Waals surface area contributed by atoms with Gasteiger partial charge in [-0.25, -0.2) is 24.2 Å². The van der Waals surface area contributed by atoms with E-state index >= 15 is 0 Å². The topological polar surface area (TPSA) is 235 Å². The van der Waals surface area contributed by atoms with E-state index in [9.17, 15) is 28.4 Å². The number of nitrogen functional groups attached to an aromatic ring is 1. The van der Waals surface area contributed by atoms with E-state index in [-0.39, 0.29) is 35.9 Å². The van der Waals surface area contributed by atoms with Gasteiger partial charge in [-0.1, -0.05) is 44.2 Å². The molecule has 4 rings (SSSR count). The smallest absolute Gasteiger partial charge is 0.468 e. The van der Waals surface area contributed by atoms with Crippen molar-refractivity contribution in [2.75, 3.05) is 33.2 Å². The van der Waals surface area contributed by atoms with Crippen LogP contribution in [0.5, 0.6) is 0 Å². The van der Waals surface area contributed by atoms with E-state index in [1.165, 1.54) is 0 Å². The van der Waals surface area contributed by atoms with Crippen molar-refractivity contribution in [3.8, 4) is 0 Å². The number of anilines is 1. The number of aromatic nitrogens is 4. The summed E-state index contributed by atoms with van der Waals surface area (Å²) < 4.78 is 65.9. The summed E-state index contributed by atoms with van der Waals surface area (Å²) in [4.78, 5) is 48.3. The van der Waals surface area contributed by atoms with E-state index in [1.54, 1.807) is 44.2 Å². The Morgan fingerprint density at radius 2 is 1.88 bits per heavy atom. The minimum absolute atomic E-state index is 0.0106. The average Bonchev–Trinajstić information content (AvgIpc) is 3.61. The van der Waals surface area contributed by atoms with E-state index in [0.29, 0.717) is 5.56 Å². The molecule has 2 aromatic heterocycles. The molecule has 1 fully saturated rings. The number of hydrogen-bond donors (Lipinski definition) is 3. The van der Waals surface area contributed by atoms with Crippen molar-refractivity contribution in [3.63, 3.8) is 0 Å².